The number of nitrogens with one attached hydrogen (secondary N) is 1. The molecule has 0 fully saturated rings. The van der Waals surface area contributed by atoms with Crippen molar-refractivity contribution < 1.29 is 23.7 Å². The van der Waals surface area contributed by atoms with Gasteiger partial charge in [0.25, 0.3) is 5.91 Å². The highest BCUT2D eigenvalue weighted by molar-refractivity contribution is 5.80. The molecule has 6 nitrogen and oxygen atoms in total. The van der Waals surface area contributed by atoms with E-state index in [0.29, 0.717) is 42.8 Å². The number of rotatable bonds is 10. The Bertz CT molecular complexity index is 747. The fourth-order valence-corrected chi connectivity index (χ4v) is 2.47. The molecule has 0 saturated heterocycles. The van der Waals surface area contributed by atoms with Crippen molar-refractivity contribution in [1.29, 1.82) is 0 Å². The SMILES string of the molecule is CCOc1ccc(CNC(=O)[C@@H](C)Oc2cccc(OC)c2)cc1OCC. The van der Waals surface area contributed by atoms with Crippen LogP contribution in [0.25, 0.3) is 0 Å². The van der Waals surface area contributed by atoms with E-state index in [-0.39, 0.29) is 5.91 Å². The number of amides is 1. The van der Waals surface area contributed by atoms with E-state index in [1.54, 1.807) is 26.2 Å². The van der Waals surface area contributed by atoms with Gasteiger partial charge in [0.1, 0.15) is 11.5 Å². The van der Waals surface area contributed by atoms with Gasteiger partial charge in [-0.25, -0.2) is 0 Å². The molecule has 2 aromatic rings. The zero-order valence-electron chi connectivity index (χ0n) is 16.3. The zero-order chi connectivity index (χ0) is 19.6. The third-order valence-corrected chi connectivity index (χ3v) is 3.80. The third-order valence-electron chi connectivity index (χ3n) is 3.80. The molecule has 27 heavy (non-hydrogen) atoms. The number of ether oxygens (including phenoxy) is 4. The molecular weight excluding hydrogens is 346 g/mol. The summed E-state index contributed by atoms with van der Waals surface area (Å²) in [6.07, 6.45) is -0.633. The van der Waals surface area contributed by atoms with Crippen molar-refractivity contribution in [2.45, 2.75) is 33.4 Å². The van der Waals surface area contributed by atoms with Crippen LogP contribution in [0, 0.1) is 0 Å². The van der Waals surface area contributed by atoms with Gasteiger partial charge in [-0.15, -0.1) is 0 Å². The minimum atomic E-state index is -0.633. The number of hydrogen-bond donors (Lipinski definition) is 1. The average Bonchev–Trinajstić information content (AvgIpc) is 2.68. The Morgan fingerprint density at radius 2 is 1.70 bits per heavy atom. The second kappa shape index (κ2) is 10.3. The van der Waals surface area contributed by atoms with E-state index in [9.17, 15) is 4.79 Å². The van der Waals surface area contributed by atoms with Crippen LogP contribution in [0.1, 0.15) is 26.3 Å². The Kier molecular flexibility index (Phi) is 7.79. The van der Waals surface area contributed by atoms with Crippen molar-refractivity contribution in [1.82, 2.24) is 5.32 Å². The maximum atomic E-state index is 12.3. The van der Waals surface area contributed by atoms with Crippen molar-refractivity contribution in [3.05, 3.63) is 48.0 Å². The molecule has 0 aromatic heterocycles. The third kappa shape index (κ3) is 6.09. The number of methoxy groups -OCH3 is 1. The van der Waals surface area contributed by atoms with Crippen LogP contribution in [0.5, 0.6) is 23.0 Å². The summed E-state index contributed by atoms with van der Waals surface area (Å²) < 4.78 is 22.0. The lowest BCUT2D eigenvalue weighted by molar-refractivity contribution is -0.127. The largest absolute Gasteiger partial charge is 0.497 e. The first-order chi connectivity index (χ1) is 13.1. The highest BCUT2D eigenvalue weighted by atomic mass is 16.5. The highest BCUT2D eigenvalue weighted by Crippen LogP contribution is 2.28. The van der Waals surface area contributed by atoms with Gasteiger partial charge in [-0.3, -0.25) is 4.79 Å². The van der Waals surface area contributed by atoms with Gasteiger partial charge in [0, 0.05) is 12.6 Å². The zero-order valence-corrected chi connectivity index (χ0v) is 16.3. The van der Waals surface area contributed by atoms with Crippen molar-refractivity contribution in [3.8, 4) is 23.0 Å². The molecule has 1 amide bonds. The smallest absolute Gasteiger partial charge is 0.261 e. The van der Waals surface area contributed by atoms with E-state index < -0.39 is 6.10 Å². The highest BCUT2D eigenvalue weighted by Gasteiger charge is 2.15. The molecular formula is C21H27NO5. The van der Waals surface area contributed by atoms with Crippen molar-refractivity contribution in [3.63, 3.8) is 0 Å². The first kappa shape index (κ1) is 20.4. The molecule has 146 valence electrons. The molecule has 0 saturated carbocycles. The second-order valence-electron chi connectivity index (χ2n) is 5.80. The van der Waals surface area contributed by atoms with Crippen LogP contribution in [0.4, 0.5) is 0 Å². The van der Waals surface area contributed by atoms with Crippen LogP contribution in [-0.2, 0) is 11.3 Å². The normalized spacial score (nSPS) is 11.4. The molecule has 1 atom stereocenters. The minimum Gasteiger partial charge on any atom is -0.497 e. The Morgan fingerprint density at radius 1 is 1.00 bits per heavy atom. The predicted octanol–water partition coefficient (Wildman–Crippen LogP) is 3.58. The summed E-state index contributed by atoms with van der Waals surface area (Å²) in [5.41, 5.74) is 0.920. The van der Waals surface area contributed by atoms with Gasteiger partial charge in [0.2, 0.25) is 0 Å². The number of hydrogen-bond acceptors (Lipinski definition) is 5. The van der Waals surface area contributed by atoms with Crippen molar-refractivity contribution in [2.24, 2.45) is 0 Å². The quantitative estimate of drug-likeness (QED) is 0.690. The van der Waals surface area contributed by atoms with E-state index in [2.05, 4.69) is 5.32 Å². The van der Waals surface area contributed by atoms with Gasteiger partial charge in [-0.2, -0.15) is 0 Å². The van der Waals surface area contributed by atoms with E-state index in [4.69, 9.17) is 18.9 Å². The van der Waals surface area contributed by atoms with E-state index in [1.807, 2.05) is 44.2 Å². The summed E-state index contributed by atoms with van der Waals surface area (Å²) >= 11 is 0. The Morgan fingerprint density at radius 3 is 2.41 bits per heavy atom. The fraction of sp³-hybridized carbons (Fsp3) is 0.381. The lowest BCUT2D eigenvalue weighted by atomic mass is 10.2. The molecule has 0 heterocycles. The first-order valence-electron chi connectivity index (χ1n) is 9.04. The van der Waals surface area contributed by atoms with Gasteiger partial charge in [-0.05, 0) is 50.6 Å². The van der Waals surface area contributed by atoms with Crippen molar-refractivity contribution >= 4 is 5.91 Å². The van der Waals surface area contributed by atoms with Gasteiger partial charge < -0.3 is 24.3 Å². The van der Waals surface area contributed by atoms with Gasteiger partial charge in [-0.1, -0.05) is 12.1 Å². The molecule has 2 rings (SSSR count). The molecule has 2 aromatic carbocycles. The standard InChI is InChI=1S/C21H27NO5/c1-5-25-19-11-10-16(12-20(19)26-6-2)14-22-21(23)15(3)27-18-9-7-8-17(13-18)24-4/h7-13,15H,5-6,14H2,1-4H3,(H,22,23)/t15-/m1/s1. The summed E-state index contributed by atoms with van der Waals surface area (Å²) in [5, 5.41) is 2.88. The van der Waals surface area contributed by atoms with E-state index in [0.717, 1.165) is 5.56 Å². The fourth-order valence-electron chi connectivity index (χ4n) is 2.47. The maximum Gasteiger partial charge on any atom is 0.261 e. The maximum absolute atomic E-state index is 12.3. The molecule has 6 heteroatoms. The summed E-state index contributed by atoms with van der Waals surface area (Å²) in [6, 6.07) is 12.8. The molecule has 0 unspecified atom stereocenters. The van der Waals surface area contributed by atoms with Crippen LogP contribution in [0.2, 0.25) is 0 Å². The number of carbonyl (C=O) groups excluding carboxylic acids is 1. The van der Waals surface area contributed by atoms with Gasteiger partial charge in [0.05, 0.1) is 20.3 Å². The van der Waals surface area contributed by atoms with E-state index >= 15 is 0 Å². The monoisotopic (exact) mass is 373 g/mol. The first-order valence-corrected chi connectivity index (χ1v) is 9.04. The summed E-state index contributed by atoms with van der Waals surface area (Å²) in [7, 11) is 1.59. The molecule has 0 radical (unpaired) electrons. The molecule has 0 spiro atoms. The van der Waals surface area contributed by atoms with Gasteiger partial charge >= 0.3 is 0 Å². The topological polar surface area (TPSA) is 66.0 Å². The molecule has 0 bridgehead atoms. The average molecular weight is 373 g/mol. The number of benzene rings is 2. The molecule has 0 aliphatic carbocycles. The molecule has 0 aliphatic rings. The summed E-state index contributed by atoms with van der Waals surface area (Å²) in [5.74, 6) is 2.43. The lowest BCUT2D eigenvalue weighted by Gasteiger charge is -2.16. The summed E-state index contributed by atoms with van der Waals surface area (Å²) in [6.45, 7) is 7.03. The lowest BCUT2D eigenvalue weighted by Crippen LogP contribution is -2.35. The Balaban J connectivity index is 1.94. The van der Waals surface area contributed by atoms with Crippen LogP contribution in [0.15, 0.2) is 42.5 Å². The number of carbonyl (C=O) groups is 1. The minimum absolute atomic E-state index is 0.204. The Labute approximate surface area is 160 Å². The summed E-state index contributed by atoms with van der Waals surface area (Å²) in [4.78, 5) is 12.3. The van der Waals surface area contributed by atoms with Crippen LogP contribution >= 0.6 is 0 Å². The van der Waals surface area contributed by atoms with Crippen LogP contribution in [0.3, 0.4) is 0 Å². The molecule has 0 aliphatic heterocycles. The molecule has 1 N–H and O–H groups in total. The van der Waals surface area contributed by atoms with Crippen LogP contribution < -0.4 is 24.3 Å². The van der Waals surface area contributed by atoms with E-state index in [1.165, 1.54) is 0 Å². The predicted molar refractivity (Wildman–Crippen MR) is 104 cm³/mol. The Hall–Kier alpha value is -2.89. The van der Waals surface area contributed by atoms with Crippen molar-refractivity contribution in [2.75, 3.05) is 20.3 Å². The van der Waals surface area contributed by atoms with Gasteiger partial charge in [0.15, 0.2) is 17.6 Å². The van der Waals surface area contributed by atoms with Crippen LogP contribution in [-0.4, -0.2) is 32.3 Å². The second-order valence-corrected chi connectivity index (χ2v) is 5.80.